The number of hydrogen-bond acceptors (Lipinski definition) is 1. The third-order valence-electron chi connectivity index (χ3n) is 0.446. The Morgan fingerprint density at radius 1 is 1.29 bits per heavy atom. The molecule has 0 bridgehead atoms. The van der Waals surface area contributed by atoms with Crippen LogP contribution in [0.3, 0.4) is 0 Å². The topological polar surface area (TPSA) is 12.0 Å². The molecule has 0 amide bonds. The molecule has 0 unspecified atom stereocenters. The molecule has 0 aromatic carbocycles. The molecule has 0 rings (SSSR count). The van der Waals surface area contributed by atoms with Gasteiger partial charge in [0.25, 0.3) is 0 Å². The lowest BCUT2D eigenvalue weighted by atomic mass is 10.6. The molecule has 0 atom stereocenters. The molecule has 0 radical (unpaired) electrons. The van der Waals surface area contributed by atoms with Gasteiger partial charge >= 0.3 is 0 Å². The third-order valence-corrected chi connectivity index (χ3v) is 0.446. The normalized spacial score (nSPS) is 8.57. The fourth-order valence-electron chi connectivity index (χ4n) is 0.192. The van der Waals surface area contributed by atoms with Crippen molar-refractivity contribution >= 4 is 0 Å². The molecule has 0 heterocycles. The molecule has 0 aliphatic carbocycles. The third kappa shape index (κ3) is 5.02. The van der Waals surface area contributed by atoms with Crippen molar-refractivity contribution in [3.05, 3.63) is 37.7 Å². The summed E-state index contributed by atoms with van der Waals surface area (Å²) in [5.41, 5.74) is 0. The summed E-state index contributed by atoms with van der Waals surface area (Å²) in [5.74, 6) is 0. The van der Waals surface area contributed by atoms with Crippen LogP contribution < -0.4 is 5.32 Å². The van der Waals surface area contributed by atoms with Crippen LogP contribution in [0.1, 0.15) is 0 Å². The van der Waals surface area contributed by atoms with Gasteiger partial charge in [-0.05, 0) is 12.3 Å². The van der Waals surface area contributed by atoms with Gasteiger partial charge in [0.15, 0.2) is 0 Å². The van der Waals surface area contributed by atoms with Crippen LogP contribution in [-0.2, 0) is 0 Å². The molecule has 0 aromatic rings. The zero-order valence-corrected chi connectivity index (χ0v) is 4.22. The first kappa shape index (κ1) is 6.02. The minimum Gasteiger partial charge on any atom is -0.368 e. The van der Waals surface area contributed by atoms with Crippen molar-refractivity contribution in [2.45, 2.75) is 0 Å². The molecule has 0 saturated heterocycles. The summed E-state index contributed by atoms with van der Waals surface area (Å²) in [6.07, 6.45) is 6.83. The summed E-state index contributed by atoms with van der Waals surface area (Å²) in [5, 5.41) is 2.76. The van der Waals surface area contributed by atoms with Crippen molar-refractivity contribution in [2.75, 3.05) is 0 Å². The van der Waals surface area contributed by atoms with E-state index in [1.807, 2.05) is 0 Å². The lowest BCUT2D eigenvalue weighted by Gasteiger charge is -1.79. The van der Waals surface area contributed by atoms with Crippen LogP contribution in [0.2, 0.25) is 0 Å². The molecule has 0 aliphatic rings. The lowest BCUT2D eigenvalue weighted by molar-refractivity contribution is 1.20. The van der Waals surface area contributed by atoms with E-state index in [4.69, 9.17) is 0 Å². The van der Waals surface area contributed by atoms with Crippen molar-refractivity contribution in [3.8, 4) is 0 Å². The first-order chi connectivity index (χ1) is 3.41. The smallest absolute Gasteiger partial charge is 0.000397 e. The molecule has 0 aliphatic heterocycles. The van der Waals surface area contributed by atoms with E-state index in [1.165, 1.54) is 0 Å². The van der Waals surface area contributed by atoms with Gasteiger partial charge in [-0.2, -0.15) is 0 Å². The highest BCUT2D eigenvalue weighted by atomic mass is 14.8. The summed E-state index contributed by atoms with van der Waals surface area (Å²) >= 11 is 0. The summed E-state index contributed by atoms with van der Waals surface area (Å²) < 4.78 is 0. The molecule has 0 aromatic heterocycles. The van der Waals surface area contributed by atoms with E-state index in [2.05, 4.69) is 18.5 Å². The van der Waals surface area contributed by atoms with Crippen molar-refractivity contribution < 1.29 is 0 Å². The van der Waals surface area contributed by atoms with Crippen molar-refractivity contribution in [1.29, 1.82) is 0 Å². The maximum atomic E-state index is 3.47. The second kappa shape index (κ2) is 5.02. The number of nitrogens with one attached hydrogen (secondary N) is 1. The lowest BCUT2D eigenvalue weighted by Crippen LogP contribution is -1.87. The highest BCUT2D eigenvalue weighted by molar-refractivity contribution is 4.97. The van der Waals surface area contributed by atoms with Gasteiger partial charge in [-0.3, -0.25) is 0 Å². The van der Waals surface area contributed by atoms with Crippen LogP contribution in [0, 0.1) is 0 Å². The monoisotopic (exact) mass is 95.1 g/mol. The van der Waals surface area contributed by atoms with Gasteiger partial charge < -0.3 is 5.32 Å². The predicted molar refractivity (Wildman–Crippen MR) is 32.7 cm³/mol. The van der Waals surface area contributed by atoms with Crippen molar-refractivity contribution in [2.24, 2.45) is 0 Å². The highest BCUT2D eigenvalue weighted by Crippen LogP contribution is 1.64. The molecule has 38 valence electrons. The molecule has 1 heteroatoms. The van der Waals surface area contributed by atoms with E-state index in [-0.39, 0.29) is 0 Å². The number of allylic oxidation sites excluding steroid dienone is 2. The standard InChI is InChI=1S/C6H9N/c1-3-5-6-7-4-2/h3-7H,1-2H2/b6-5-. The van der Waals surface area contributed by atoms with Crippen LogP contribution in [0.4, 0.5) is 0 Å². The number of hydrogen-bond donors (Lipinski definition) is 1. The Labute approximate surface area is 44.0 Å². The van der Waals surface area contributed by atoms with Crippen LogP contribution >= 0.6 is 0 Å². The fourth-order valence-corrected chi connectivity index (χ4v) is 0.192. The van der Waals surface area contributed by atoms with E-state index < -0.39 is 0 Å². The Hall–Kier alpha value is -0.980. The molecular formula is C6H9N. The minimum absolute atomic E-state index is 1.60. The SMILES string of the molecule is C=C/C=C\NC=C. The molecule has 0 spiro atoms. The first-order valence-corrected chi connectivity index (χ1v) is 2.06. The minimum atomic E-state index is 1.60. The zero-order valence-electron chi connectivity index (χ0n) is 4.22. The van der Waals surface area contributed by atoms with E-state index in [9.17, 15) is 0 Å². The van der Waals surface area contributed by atoms with Crippen LogP contribution in [0.15, 0.2) is 37.7 Å². The van der Waals surface area contributed by atoms with Crippen LogP contribution in [0.25, 0.3) is 0 Å². The van der Waals surface area contributed by atoms with Gasteiger partial charge in [-0.1, -0.05) is 19.2 Å². The first-order valence-electron chi connectivity index (χ1n) is 2.06. The summed E-state index contributed by atoms with van der Waals surface area (Å²) in [6.45, 7) is 6.91. The van der Waals surface area contributed by atoms with Crippen molar-refractivity contribution in [3.63, 3.8) is 0 Å². The largest absolute Gasteiger partial charge is 0.368 e. The molecule has 0 saturated carbocycles. The maximum Gasteiger partial charge on any atom is 0.000397 e. The Morgan fingerprint density at radius 2 is 2.00 bits per heavy atom. The van der Waals surface area contributed by atoms with E-state index in [0.29, 0.717) is 0 Å². The van der Waals surface area contributed by atoms with Gasteiger partial charge in [-0.25, -0.2) is 0 Å². The Balaban J connectivity index is 3.08. The van der Waals surface area contributed by atoms with E-state index >= 15 is 0 Å². The maximum absolute atomic E-state index is 3.47. The van der Waals surface area contributed by atoms with Gasteiger partial charge in [0.1, 0.15) is 0 Å². The van der Waals surface area contributed by atoms with Gasteiger partial charge in [-0.15, -0.1) is 0 Å². The Bertz CT molecular complexity index is 82.2. The van der Waals surface area contributed by atoms with Crippen LogP contribution in [-0.4, -0.2) is 0 Å². The van der Waals surface area contributed by atoms with Gasteiger partial charge in [0.05, 0.1) is 0 Å². The number of rotatable bonds is 3. The Kier molecular flexibility index (Phi) is 4.32. The van der Waals surface area contributed by atoms with Gasteiger partial charge in [0, 0.05) is 6.20 Å². The Morgan fingerprint density at radius 3 is 2.43 bits per heavy atom. The quantitative estimate of drug-likeness (QED) is 0.523. The highest BCUT2D eigenvalue weighted by Gasteiger charge is 1.54. The molecular weight excluding hydrogens is 86.1 g/mol. The second-order valence-corrected chi connectivity index (χ2v) is 0.966. The average Bonchev–Trinajstić information content (AvgIpc) is 1.69. The van der Waals surface area contributed by atoms with Crippen molar-refractivity contribution in [1.82, 2.24) is 5.32 Å². The molecule has 0 fully saturated rings. The average molecular weight is 95.1 g/mol. The molecule has 7 heavy (non-hydrogen) atoms. The molecule has 1 N–H and O–H groups in total. The predicted octanol–water partition coefficient (Wildman–Crippen LogP) is 1.42. The summed E-state index contributed by atoms with van der Waals surface area (Å²) in [6, 6.07) is 0. The second-order valence-electron chi connectivity index (χ2n) is 0.966. The fraction of sp³-hybridized carbons (Fsp3) is 0. The van der Waals surface area contributed by atoms with E-state index in [0.717, 1.165) is 0 Å². The van der Waals surface area contributed by atoms with E-state index in [1.54, 1.807) is 24.6 Å². The zero-order chi connectivity index (χ0) is 5.54. The van der Waals surface area contributed by atoms with Gasteiger partial charge in [0.2, 0.25) is 0 Å². The molecule has 1 nitrogen and oxygen atoms in total. The van der Waals surface area contributed by atoms with Crippen LogP contribution in [0.5, 0.6) is 0 Å². The summed E-state index contributed by atoms with van der Waals surface area (Å²) in [4.78, 5) is 0. The summed E-state index contributed by atoms with van der Waals surface area (Å²) in [7, 11) is 0.